The number of carbonyl (C=O) groups excluding carboxylic acids is 1. The van der Waals surface area contributed by atoms with E-state index in [1.54, 1.807) is 42.5 Å². The van der Waals surface area contributed by atoms with Crippen LogP contribution in [0.4, 0.5) is 0 Å². The number of aryl methyl sites for hydroxylation is 1. The Kier molecular flexibility index (Phi) is 4.63. The van der Waals surface area contributed by atoms with Crippen molar-refractivity contribution in [3.8, 4) is 5.75 Å². The summed E-state index contributed by atoms with van der Waals surface area (Å²) in [5, 5.41) is 7.21. The largest absolute Gasteiger partial charge is 0.483 e. The molecule has 0 spiro atoms. The molecule has 20 heavy (non-hydrogen) atoms. The van der Waals surface area contributed by atoms with E-state index in [-0.39, 0.29) is 12.5 Å². The van der Waals surface area contributed by atoms with E-state index >= 15 is 0 Å². The van der Waals surface area contributed by atoms with Crippen LogP contribution in [-0.4, -0.2) is 34.7 Å². The molecular weight excluding hydrogens is 278 g/mol. The number of aromatic amines is 1. The number of ether oxygens (including phenoxy) is 1. The first-order valence-electron chi connectivity index (χ1n) is 6.17. The van der Waals surface area contributed by atoms with Gasteiger partial charge in [0, 0.05) is 30.4 Å². The van der Waals surface area contributed by atoms with Crippen LogP contribution in [0, 0.1) is 6.92 Å². The monoisotopic (exact) mass is 293 g/mol. The second kappa shape index (κ2) is 6.43. The molecule has 2 aromatic rings. The van der Waals surface area contributed by atoms with Crippen molar-refractivity contribution < 1.29 is 9.53 Å². The van der Waals surface area contributed by atoms with Crippen molar-refractivity contribution in [1.82, 2.24) is 15.1 Å². The SMILES string of the molecule is Cc1cc(Cl)ccc1OCC(=O)N(C)Cc1cn[nH]c1. The molecular formula is C14H16ClN3O2. The van der Waals surface area contributed by atoms with Gasteiger partial charge in [-0.2, -0.15) is 5.10 Å². The van der Waals surface area contributed by atoms with Crippen molar-refractivity contribution in [2.45, 2.75) is 13.5 Å². The number of H-pyrrole nitrogens is 1. The molecule has 0 saturated heterocycles. The third kappa shape index (κ3) is 3.74. The Balaban J connectivity index is 1.88. The van der Waals surface area contributed by atoms with Gasteiger partial charge in [0.15, 0.2) is 6.61 Å². The number of likely N-dealkylation sites (N-methyl/N-ethyl adjacent to an activating group) is 1. The topological polar surface area (TPSA) is 58.2 Å². The summed E-state index contributed by atoms with van der Waals surface area (Å²) in [7, 11) is 1.73. The molecule has 1 heterocycles. The maximum atomic E-state index is 12.0. The van der Waals surface area contributed by atoms with Gasteiger partial charge in [0.1, 0.15) is 5.75 Å². The number of hydrogen-bond donors (Lipinski definition) is 1. The lowest BCUT2D eigenvalue weighted by Crippen LogP contribution is -2.30. The van der Waals surface area contributed by atoms with Gasteiger partial charge in [0.2, 0.25) is 0 Å². The summed E-state index contributed by atoms with van der Waals surface area (Å²) >= 11 is 5.87. The van der Waals surface area contributed by atoms with Crippen LogP contribution in [0.5, 0.6) is 5.75 Å². The molecule has 0 atom stereocenters. The molecule has 0 radical (unpaired) electrons. The van der Waals surface area contributed by atoms with Crippen molar-refractivity contribution in [2.24, 2.45) is 0 Å². The number of aromatic nitrogens is 2. The molecule has 0 saturated carbocycles. The molecule has 0 aliphatic heterocycles. The standard InChI is InChI=1S/C14H16ClN3O2/c1-10-5-12(15)3-4-13(10)20-9-14(19)18(2)8-11-6-16-17-7-11/h3-7H,8-9H2,1-2H3,(H,16,17). The number of amides is 1. The normalized spacial score (nSPS) is 10.3. The van der Waals surface area contributed by atoms with Crippen LogP contribution in [0.25, 0.3) is 0 Å². The number of rotatable bonds is 5. The quantitative estimate of drug-likeness (QED) is 0.921. The van der Waals surface area contributed by atoms with Crippen molar-refractivity contribution in [3.05, 3.63) is 46.7 Å². The number of halogens is 1. The van der Waals surface area contributed by atoms with Crippen LogP contribution in [0.15, 0.2) is 30.6 Å². The fourth-order valence-corrected chi connectivity index (χ4v) is 1.98. The van der Waals surface area contributed by atoms with E-state index in [0.29, 0.717) is 17.3 Å². The van der Waals surface area contributed by atoms with E-state index < -0.39 is 0 Å². The molecule has 0 aliphatic carbocycles. The smallest absolute Gasteiger partial charge is 0.260 e. The summed E-state index contributed by atoms with van der Waals surface area (Å²) in [6.07, 6.45) is 3.45. The highest BCUT2D eigenvalue weighted by Gasteiger charge is 2.11. The molecule has 0 bridgehead atoms. The Morgan fingerprint density at radius 3 is 2.95 bits per heavy atom. The van der Waals surface area contributed by atoms with E-state index in [1.165, 1.54) is 0 Å². The highest BCUT2D eigenvalue weighted by Crippen LogP contribution is 2.21. The van der Waals surface area contributed by atoms with Crippen LogP contribution in [0.1, 0.15) is 11.1 Å². The molecule has 1 aromatic heterocycles. The van der Waals surface area contributed by atoms with Crippen molar-refractivity contribution in [3.63, 3.8) is 0 Å². The summed E-state index contributed by atoms with van der Waals surface area (Å²) < 4.78 is 5.52. The molecule has 0 aliphatic rings. The number of nitrogens with zero attached hydrogens (tertiary/aromatic N) is 2. The van der Waals surface area contributed by atoms with E-state index in [9.17, 15) is 4.79 Å². The number of hydrogen-bond acceptors (Lipinski definition) is 3. The number of nitrogens with one attached hydrogen (secondary N) is 1. The second-order valence-corrected chi connectivity index (χ2v) is 4.99. The lowest BCUT2D eigenvalue weighted by Gasteiger charge is -2.17. The Bertz CT molecular complexity index is 584. The first-order chi connectivity index (χ1) is 9.56. The molecule has 5 nitrogen and oxygen atoms in total. The van der Waals surface area contributed by atoms with Crippen molar-refractivity contribution in [1.29, 1.82) is 0 Å². The van der Waals surface area contributed by atoms with Gasteiger partial charge in [-0.15, -0.1) is 0 Å². The third-order valence-electron chi connectivity index (χ3n) is 2.89. The Labute approximate surface area is 122 Å². The third-order valence-corrected chi connectivity index (χ3v) is 3.12. The summed E-state index contributed by atoms with van der Waals surface area (Å²) in [5.41, 5.74) is 1.85. The first-order valence-corrected chi connectivity index (χ1v) is 6.54. The van der Waals surface area contributed by atoms with Gasteiger partial charge in [-0.05, 0) is 30.7 Å². The second-order valence-electron chi connectivity index (χ2n) is 4.55. The molecule has 2 rings (SSSR count). The number of carbonyl (C=O) groups is 1. The zero-order chi connectivity index (χ0) is 14.5. The van der Waals surface area contributed by atoms with Gasteiger partial charge < -0.3 is 9.64 Å². The number of benzene rings is 1. The fourth-order valence-electron chi connectivity index (χ4n) is 1.75. The van der Waals surface area contributed by atoms with E-state index in [2.05, 4.69) is 10.2 Å². The Morgan fingerprint density at radius 1 is 1.50 bits per heavy atom. The zero-order valence-electron chi connectivity index (χ0n) is 11.4. The average Bonchev–Trinajstić information content (AvgIpc) is 2.90. The summed E-state index contributed by atoms with van der Waals surface area (Å²) in [6, 6.07) is 5.31. The molecule has 0 fully saturated rings. The maximum absolute atomic E-state index is 12.0. The minimum Gasteiger partial charge on any atom is -0.483 e. The summed E-state index contributed by atoms with van der Waals surface area (Å²) in [6.45, 7) is 2.38. The lowest BCUT2D eigenvalue weighted by atomic mass is 10.2. The molecule has 1 aromatic carbocycles. The van der Waals surface area contributed by atoms with Gasteiger partial charge in [-0.25, -0.2) is 0 Å². The van der Waals surface area contributed by atoms with Gasteiger partial charge in [0.25, 0.3) is 5.91 Å². The van der Waals surface area contributed by atoms with E-state index in [0.717, 1.165) is 11.1 Å². The summed E-state index contributed by atoms with van der Waals surface area (Å²) in [4.78, 5) is 13.6. The molecule has 1 N–H and O–H groups in total. The van der Waals surface area contributed by atoms with Crippen molar-refractivity contribution >= 4 is 17.5 Å². The molecule has 106 valence electrons. The van der Waals surface area contributed by atoms with E-state index in [4.69, 9.17) is 16.3 Å². The van der Waals surface area contributed by atoms with Crippen LogP contribution < -0.4 is 4.74 Å². The Morgan fingerprint density at radius 2 is 2.30 bits per heavy atom. The van der Waals surface area contributed by atoms with Crippen LogP contribution in [0.3, 0.4) is 0 Å². The molecule has 1 amide bonds. The lowest BCUT2D eigenvalue weighted by molar-refractivity contribution is -0.132. The minimum absolute atomic E-state index is 0.00315. The highest BCUT2D eigenvalue weighted by atomic mass is 35.5. The first kappa shape index (κ1) is 14.4. The van der Waals surface area contributed by atoms with Gasteiger partial charge in [-0.3, -0.25) is 9.89 Å². The van der Waals surface area contributed by atoms with Gasteiger partial charge in [-0.1, -0.05) is 11.6 Å². The fraction of sp³-hybridized carbons (Fsp3) is 0.286. The highest BCUT2D eigenvalue weighted by molar-refractivity contribution is 6.30. The molecule has 6 heteroatoms. The predicted molar refractivity (Wildman–Crippen MR) is 76.7 cm³/mol. The van der Waals surface area contributed by atoms with E-state index in [1.807, 2.05) is 6.92 Å². The average molecular weight is 294 g/mol. The summed E-state index contributed by atoms with van der Waals surface area (Å²) in [5.74, 6) is 0.569. The van der Waals surface area contributed by atoms with Crippen LogP contribution in [-0.2, 0) is 11.3 Å². The predicted octanol–water partition coefficient (Wildman–Crippen LogP) is 2.41. The molecule has 0 unspecified atom stereocenters. The van der Waals surface area contributed by atoms with Gasteiger partial charge in [0.05, 0.1) is 6.20 Å². The van der Waals surface area contributed by atoms with Gasteiger partial charge >= 0.3 is 0 Å². The maximum Gasteiger partial charge on any atom is 0.260 e. The van der Waals surface area contributed by atoms with Crippen LogP contribution in [0.2, 0.25) is 5.02 Å². The van der Waals surface area contributed by atoms with Crippen molar-refractivity contribution in [2.75, 3.05) is 13.7 Å². The Hall–Kier alpha value is -2.01. The minimum atomic E-state index is -0.0967. The van der Waals surface area contributed by atoms with Crippen LogP contribution >= 0.6 is 11.6 Å². The zero-order valence-corrected chi connectivity index (χ0v) is 12.1.